The molecule has 0 saturated heterocycles. The van der Waals surface area contributed by atoms with Crippen LogP contribution in [0.3, 0.4) is 0 Å². The molecular formula is C18H21N5O3. The highest BCUT2D eigenvalue weighted by Crippen LogP contribution is 2.30. The van der Waals surface area contributed by atoms with Crippen molar-refractivity contribution in [1.82, 2.24) is 20.1 Å². The predicted octanol–water partition coefficient (Wildman–Crippen LogP) is 2.72. The van der Waals surface area contributed by atoms with E-state index in [4.69, 9.17) is 5.11 Å². The highest BCUT2D eigenvalue weighted by Gasteiger charge is 2.21. The first kappa shape index (κ1) is 17.7. The summed E-state index contributed by atoms with van der Waals surface area (Å²) in [6.45, 7) is 1.93. The summed E-state index contributed by atoms with van der Waals surface area (Å²) >= 11 is 0. The Morgan fingerprint density at radius 1 is 1.50 bits per heavy atom. The number of aromatic nitrogens is 3. The zero-order valence-corrected chi connectivity index (χ0v) is 14.6. The summed E-state index contributed by atoms with van der Waals surface area (Å²) in [6.07, 6.45) is 6.81. The Morgan fingerprint density at radius 2 is 2.31 bits per heavy atom. The number of aryl methyl sites for hydroxylation is 1. The number of amides is 2. The van der Waals surface area contributed by atoms with E-state index in [-0.39, 0.29) is 11.8 Å². The van der Waals surface area contributed by atoms with Crippen LogP contribution in [0.2, 0.25) is 0 Å². The number of fused-ring (bicyclic) bond motifs is 4. The quantitative estimate of drug-likeness (QED) is 0.718. The molecule has 3 N–H and O–H groups in total. The summed E-state index contributed by atoms with van der Waals surface area (Å²) < 4.78 is 1.68. The molecule has 26 heavy (non-hydrogen) atoms. The summed E-state index contributed by atoms with van der Waals surface area (Å²) in [5.41, 5.74) is 2.78. The van der Waals surface area contributed by atoms with E-state index in [1.807, 2.05) is 31.2 Å². The first-order chi connectivity index (χ1) is 12.5. The van der Waals surface area contributed by atoms with Gasteiger partial charge < -0.3 is 15.7 Å². The summed E-state index contributed by atoms with van der Waals surface area (Å²) in [5, 5.41) is 18.9. The molecule has 0 spiro atoms. The number of carbonyl (C=O) groups is 2. The van der Waals surface area contributed by atoms with Gasteiger partial charge >= 0.3 is 6.09 Å². The van der Waals surface area contributed by atoms with Crippen LogP contribution in [-0.4, -0.2) is 31.9 Å². The van der Waals surface area contributed by atoms with E-state index >= 15 is 0 Å². The van der Waals surface area contributed by atoms with Crippen molar-refractivity contribution in [3.05, 3.63) is 42.4 Å². The molecule has 136 valence electrons. The van der Waals surface area contributed by atoms with Crippen LogP contribution in [0.5, 0.6) is 0 Å². The lowest BCUT2D eigenvalue weighted by Gasteiger charge is -2.18. The van der Waals surface area contributed by atoms with Gasteiger partial charge in [0.1, 0.15) is 0 Å². The molecular weight excluding hydrogens is 334 g/mol. The summed E-state index contributed by atoms with van der Waals surface area (Å²) in [6, 6.07) is 3.13. The van der Waals surface area contributed by atoms with Crippen LogP contribution in [0.25, 0.3) is 11.3 Å². The second-order valence-corrected chi connectivity index (χ2v) is 6.17. The van der Waals surface area contributed by atoms with Gasteiger partial charge in [-0.05, 0) is 25.0 Å². The zero-order chi connectivity index (χ0) is 18.7. The summed E-state index contributed by atoms with van der Waals surface area (Å²) in [5.74, 6) is -0.421. The van der Waals surface area contributed by atoms with Crippen molar-refractivity contribution in [3.63, 3.8) is 0 Å². The van der Waals surface area contributed by atoms with Crippen LogP contribution in [0.1, 0.15) is 31.5 Å². The SMILES string of the molecule is CC[C@@H]1C=CC[C@H](NC(=O)O)c2cc(ccn2)-c2c(cnn2C)NC1=O. The molecule has 2 bridgehead atoms. The third kappa shape index (κ3) is 3.58. The minimum atomic E-state index is -1.12. The molecule has 2 amide bonds. The van der Waals surface area contributed by atoms with E-state index < -0.39 is 12.1 Å². The number of hydrogen-bond donors (Lipinski definition) is 3. The van der Waals surface area contributed by atoms with Crippen LogP contribution in [0.15, 0.2) is 36.7 Å². The average Bonchev–Trinajstić information content (AvgIpc) is 2.96. The molecule has 8 heteroatoms. The molecule has 0 aliphatic carbocycles. The minimum Gasteiger partial charge on any atom is -0.465 e. The molecule has 1 aliphatic rings. The minimum absolute atomic E-state index is 0.115. The van der Waals surface area contributed by atoms with E-state index in [1.165, 1.54) is 0 Å². The van der Waals surface area contributed by atoms with Crippen LogP contribution in [0.4, 0.5) is 10.5 Å². The molecule has 8 nitrogen and oxygen atoms in total. The maximum Gasteiger partial charge on any atom is 0.405 e. The number of hydrogen-bond acceptors (Lipinski definition) is 4. The van der Waals surface area contributed by atoms with Crippen LogP contribution in [-0.2, 0) is 11.8 Å². The third-order valence-electron chi connectivity index (χ3n) is 4.42. The van der Waals surface area contributed by atoms with E-state index in [2.05, 4.69) is 20.7 Å². The van der Waals surface area contributed by atoms with Crippen molar-refractivity contribution >= 4 is 17.7 Å². The number of nitrogens with zero attached hydrogens (tertiary/aromatic N) is 3. The van der Waals surface area contributed by atoms with Crippen molar-refractivity contribution in [2.75, 3.05) is 5.32 Å². The molecule has 0 fully saturated rings. The highest BCUT2D eigenvalue weighted by atomic mass is 16.4. The van der Waals surface area contributed by atoms with Crippen molar-refractivity contribution in [1.29, 1.82) is 0 Å². The lowest BCUT2D eigenvalue weighted by Crippen LogP contribution is -2.27. The van der Waals surface area contributed by atoms with E-state index in [1.54, 1.807) is 24.1 Å². The molecule has 0 radical (unpaired) electrons. The van der Waals surface area contributed by atoms with Crippen LogP contribution in [0, 0.1) is 5.92 Å². The monoisotopic (exact) mass is 355 g/mol. The van der Waals surface area contributed by atoms with Gasteiger partial charge in [0, 0.05) is 18.8 Å². The lowest BCUT2D eigenvalue weighted by molar-refractivity contribution is -0.118. The van der Waals surface area contributed by atoms with Gasteiger partial charge in [-0.3, -0.25) is 14.5 Å². The summed E-state index contributed by atoms with van der Waals surface area (Å²) in [7, 11) is 1.79. The molecule has 2 atom stereocenters. The van der Waals surface area contributed by atoms with Gasteiger partial charge in [-0.15, -0.1) is 0 Å². The standard InChI is InChI=1S/C18H21N5O3/c1-3-11-5-4-6-13(22-18(25)26)14-9-12(7-8-19-14)16-15(21-17(11)24)10-20-23(16)2/h4-5,7-11,13,22H,3,6H2,1-2H3,(H,21,24)(H,25,26)/t11-,13+/m1/s1. The molecule has 3 rings (SSSR count). The Bertz CT molecular complexity index is 858. The van der Waals surface area contributed by atoms with Gasteiger partial charge in [0.15, 0.2) is 0 Å². The summed E-state index contributed by atoms with van der Waals surface area (Å²) in [4.78, 5) is 28.1. The number of pyridine rings is 1. The van der Waals surface area contributed by atoms with Crippen LogP contribution < -0.4 is 10.6 Å². The Kier molecular flexibility index (Phi) is 5.01. The van der Waals surface area contributed by atoms with Gasteiger partial charge in [-0.2, -0.15) is 5.10 Å². The fourth-order valence-corrected chi connectivity index (χ4v) is 3.07. The number of carbonyl (C=O) groups excluding carboxylic acids is 1. The average molecular weight is 355 g/mol. The molecule has 0 unspecified atom stereocenters. The first-order valence-electron chi connectivity index (χ1n) is 8.45. The van der Waals surface area contributed by atoms with Crippen molar-refractivity contribution in [2.45, 2.75) is 25.8 Å². The lowest BCUT2D eigenvalue weighted by atomic mass is 10.00. The predicted molar refractivity (Wildman–Crippen MR) is 96.5 cm³/mol. The largest absolute Gasteiger partial charge is 0.465 e. The normalized spacial score (nSPS) is 19.7. The number of rotatable bonds is 2. The maximum atomic E-state index is 12.6. The second kappa shape index (κ2) is 7.38. The van der Waals surface area contributed by atoms with E-state index in [0.717, 1.165) is 11.3 Å². The Hall–Kier alpha value is -3.16. The molecule has 2 aromatic rings. The fraction of sp³-hybridized carbons (Fsp3) is 0.333. The van der Waals surface area contributed by atoms with Gasteiger partial charge in [0.2, 0.25) is 5.91 Å². The topological polar surface area (TPSA) is 109 Å². The van der Waals surface area contributed by atoms with E-state index in [9.17, 15) is 9.59 Å². The second-order valence-electron chi connectivity index (χ2n) is 6.17. The Balaban J connectivity index is 2.13. The maximum absolute atomic E-state index is 12.6. The van der Waals surface area contributed by atoms with Gasteiger partial charge in [-0.25, -0.2) is 4.79 Å². The molecule has 0 saturated carbocycles. The number of carboxylic acid groups (broad SMARTS) is 1. The van der Waals surface area contributed by atoms with Gasteiger partial charge in [-0.1, -0.05) is 19.1 Å². The molecule has 0 aromatic carbocycles. The molecule has 3 heterocycles. The number of nitrogens with one attached hydrogen (secondary N) is 2. The molecule has 2 aromatic heterocycles. The van der Waals surface area contributed by atoms with Crippen molar-refractivity contribution < 1.29 is 14.7 Å². The highest BCUT2D eigenvalue weighted by molar-refractivity contribution is 5.96. The van der Waals surface area contributed by atoms with Gasteiger partial charge in [0.05, 0.1) is 35.2 Å². The van der Waals surface area contributed by atoms with E-state index in [0.29, 0.717) is 24.2 Å². The third-order valence-corrected chi connectivity index (χ3v) is 4.42. The number of anilines is 1. The Morgan fingerprint density at radius 3 is 3.04 bits per heavy atom. The van der Waals surface area contributed by atoms with Crippen molar-refractivity contribution in [3.8, 4) is 11.3 Å². The zero-order valence-electron chi connectivity index (χ0n) is 14.6. The smallest absolute Gasteiger partial charge is 0.405 e. The Labute approximate surface area is 150 Å². The van der Waals surface area contributed by atoms with Gasteiger partial charge in [0.25, 0.3) is 0 Å². The van der Waals surface area contributed by atoms with Crippen molar-refractivity contribution in [2.24, 2.45) is 13.0 Å². The molecule has 1 aliphatic heterocycles. The first-order valence-corrected chi connectivity index (χ1v) is 8.45. The van der Waals surface area contributed by atoms with Crippen LogP contribution >= 0.6 is 0 Å². The fourth-order valence-electron chi connectivity index (χ4n) is 3.07.